The zero-order chi connectivity index (χ0) is 9.68. The van der Waals surface area contributed by atoms with Gasteiger partial charge < -0.3 is 0 Å². The van der Waals surface area contributed by atoms with Crippen molar-refractivity contribution in [3.8, 4) is 0 Å². The molecule has 0 saturated carbocycles. The predicted molar refractivity (Wildman–Crippen MR) is 65.5 cm³/mol. The Morgan fingerprint density at radius 3 is 2.62 bits per heavy atom. The van der Waals surface area contributed by atoms with Crippen molar-refractivity contribution < 1.29 is 4.21 Å². The standard InChI is InChI=1S/C10H11IOS/c1-2-9(11)8-13(12)10-6-4-3-5-7-10/h2-7H,8H2,1H3/b9-2+. The molecule has 1 aromatic carbocycles. The highest BCUT2D eigenvalue weighted by molar-refractivity contribution is 14.1. The molecule has 0 aromatic heterocycles. The SMILES string of the molecule is C/C=C(/I)CS(=O)c1ccccc1. The third-order valence-electron chi connectivity index (χ3n) is 1.59. The van der Waals surface area contributed by atoms with Gasteiger partial charge in [0, 0.05) is 4.90 Å². The fourth-order valence-corrected chi connectivity index (χ4v) is 2.76. The van der Waals surface area contributed by atoms with Crippen LogP contribution in [0.3, 0.4) is 0 Å². The predicted octanol–water partition coefficient (Wildman–Crippen LogP) is 3.13. The smallest absolute Gasteiger partial charge is 0.0587 e. The van der Waals surface area contributed by atoms with Crippen LogP contribution in [0.4, 0.5) is 0 Å². The maximum Gasteiger partial charge on any atom is 0.0587 e. The van der Waals surface area contributed by atoms with E-state index in [1.165, 1.54) is 0 Å². The number of halogens is 1. The van der Waals surface area contributed by atoms with E-state index in [0.717, 1.165) is 8.48 Å². The molecule has 0 aliphatic heterocycles. The summed E-state index contributed by atoms with van der Waals surface area (Å²) in [7, 11) is -0.889. The van der Waals surface area contributed by atoms with Crippen LogP contribution in [0.5, 0.6) is 0 Å². The van der Waals surface area contributed by atoms with Crippen molar-refractivity contribution in [3.05, 3.63) is 40.0 Å². The molecule has 70 valence electrons. The number of benzene rings is 1. The van der Waals surface area contributed by atoms with E-state index in [4.69, 9.17) is 0 Å². The molecule has 13 heavy (non-hydrogen) atoms. The van der Waals surface area contributed by atoms with Crippen LogP contribution in [0.15, 0.2) is 44.9 Å². The second-order valence-electron chi connectivity index (χ2n) is 2.54. The van der Waals surface area contributed by atoms with Gasteiger partial charge in [0.05, 0.1) is 16.6 Å². The number of allylic oxidation sites excluding steroid dienone is 1. The van der Waals surface area contributed by atoms with Gasteiger partial charge in [0.25, 0.3) is 0 Å². The molecule has 0 bridgehead atoms. The fourth-order valence-electron chi connectivity index (χ4n) is 0.864. The van der Waals surface area contributed by atoms with Gasteiger partial charge in [-0.1, -0.05) is 24.3 Å². The van der Waals surface area contributed by atoms with E-state index in [2.05, 4.69) is 22.6 Å². The van der Waals surface area contributed by atoms with Crippen LogP contribution < -0.4 is 0 Å². The van der Waals surface area contributed by atoms with Crippen molar-refractivity contribution >= 4 is 33.4 Å². The van der Waals surface area contributed by atoms with Gasteiger partial charge in [-0.3, -0.25) is 4.21 Å². The highest BCUT2D eigenvalue weighted by Gasteiger charge is 2.03. The maximum absolute atomic E-state index is 11.7. The number of hydrogen-bond donors (Lipinski definition) is 0. The van der Waals surface area contributed by atoms with Crippen molar-refractivity contribution in [3.63, 3.8) is 0 Å². The average Bonchev–Trinajstić information content (AvgIpc) is 2.19. The molecule has 0 aliphatic rings. The summed E-state index contributed by atoms with van der Waals surface area (Å²) in [5.74, 6) is 0.626. The summed E-state index contributed by atoms with van der Waals surface area (Å²) < 4.78 is 12.8. The van der Waals surface area contributed by atoms with Crippen LogP contribution in [0.1, 0.15) is 6.92 Å². The summed E-state index contributed by atoms with van der Waals surface area (Å²) in [6, 6.07) is 9.55. The van der Waals surface area contributed by atoms with E-state index in [1.54, 1.807) is 0 Å². The molecule has 0 heterocycles. The Labute approximate surface area is 94.8 Å². The first kappa shape index (κ1) is 10.9. The van der Waals surface area contributed by atoms with E-state index < -0.39 is 10.8 Å². The van der Waals surface area contributed by atoms with Crippen LogP contribution in [-0.2, 0) is 10.8 Å². The second-order valence-corrected chi connectivity index (χ2v) is 5.38. The van der Waals surface area contributed by atoms with Gasteiger partial charge in [-0.15, -0.1) is 0 Å². The summed E-state index contributed by atoms with van der Waals surface area (Å²) in [4.78, 5) is 0.901. The molecule has 1 unspecified atom stereocenters. The first-order chi connectivity index (χ1) is 6.24. The van der Waals surface area contributed by atoms with Crippen molar-refractivity contribution in [1.82, 2.24) is 0 Å². The molecule has 1 atom stereocenters. The van der Waals surface area contributed by atoms with Gasteiger partial charge in [0.2, 0.25) is 0 Å². The Morgan fingerprint density at radius 1 is 1.46 bits per heavy atom. The minimum absolute atomic E-state index is 0.626. The van der Waals surface area contributed by atoms with Crippen molar-refractivity contribution in [2.45, 2.75) is 11.8 Å². The zero-order valence-corrected chi connectivity index (χ0v) is 10.3. The topological polar surface area (TPSA) is 17.1 Å². The normalized spacial score (nSPS) is 14.2. The van der Waals surface area contributed by atoms with Gasteiger partial charge in [-0.25, -0.2) is 0 Å². The summed E-state index contributed by atoms with van der Waals surface area (Å²) in [5, 5.41) is 0. The maximum atomic E-state index is 11.7. The number of hydrogen-bond acceptors (Lipinski definition) is 1. The van der Waals surface area contributed by atoms with E-state index in [9.17, 15) is 4.21 Å². The molecule has 1 rings (SSSR count). The monoisotopic (exact) mass is 306 g/mol. The summed E-state index contributed by atoms with van der Waals surface area (Å²) in [5.41, 5.74) is 0. The third kappa shape index (κ3) is 3.60. The van der Waals surface area contributed by atoms with E-state index >= 15 is 0 Å². The molecule has 0 radical (unpaired) electrons. The summed E-state index contributed by atoms with van der Waals surface area (Å²) in [6.07, 6.45) is 1.99. The molecule has 0 saturated heterocycles. The molecule has 0 spiro atoms. The quantitative estimate of drug-likeness (QED) is 0.784. The molecule has 0 aliphatic carbocycles. The Bertz CT molecular complexity index is 319. The lowest BCUT2D eigenvalue weighted by Crippen LogP contribution is -1.97. The summed E-state index contributed by atoms with van der Waals surface area (Å²) >= 11 is 2.22. The Kier molecular flexibility index (Phi) is 4.66. The zero-order valence-electron chi connectivity index (χ0n) is 7.37. The summed E-state index contributed by atoms with van der Waals surface area (Å²) in [6.45, 7) is 1.96. The van der Waals surface area contributed by atoms with Gasteiger partial charge in [-0.05, 0) is 45.2 Å². The van der Waals surface area contributed by atoms with Gasteiger partial charge >= 0.3 is 0 Å². The van der Waals surface area contributed by atoms with Crippen LogP contribution in [0, 0.1) is 0 Å². The van der Waals surface area contributed by atoms with Crippen LogP contribution in [0.25, 0.3) is 0 Å². The highest BCUT2D eigenvalue weighted by atomic mass is 127. The van der Waals surface area contributed by atoms with Gasteiger partial charge in [0.15, 0.2) is 0 Å². The molecule has 0 N–H and O–H groups in total. The molecule has 0 fully saturated rings. The molecular weight excluding hydrogens is 295 g/mol. The van der Waals surface area contributed by atoms with E-state index in [1.807, 2.05) is 43.3 Å². The molecule has 0 amide bonds. The molecule has 1 nitrogen and oxygen atoms in total. The fraction of sp³-hybridized carbons (Fsp3) is 0.200. The first-order valence-electron chi connectivity index (χ1n) is 3.98. The Hall–Kier alpha value is -0.160. The molecule has 3 heteroatoms. The molecular formula is C10H11IOS. The minimum atomic E-state index is -0.889. The van der Waals surface area contributed by atoms with Crippen molar-refractivity contribution in [2.75, 3.05) is 5.75 Å². The van der Waals surface area contributed by atoms with E-state index in [-0.39, 0.29) is 0 Å². The van der Waals surface area contributed by atoms with Gasteiger partial charge in [-0.2, -0.15) is 0 Å². The first-order valence-corrected chi connectivity index (χ1v) is 6.38. The highest BCUT2D eigenvalue weighted by Crippen LogP contribution is 2.13. The van der Waals surface area contributed by atoms with Crippen LogP contribution in [0.2, 0.25) is 0 Å². The molecule has 1 aromatic rings. The second kappa shape index (κ2) is 5.54. The van der Waals surface area contributed by atoms with Crippen LogP contribution >= 0.6 is 22.6 Å². The van der Waals surface area contributed by atoms with E-state index in [0.29, 0.717) is 5.75 Å². The van der Waals surface area contributed by atoms with Crippen molar-refractivity contribution in [2.24, 2.45) is 0 Å². The third-order valence-corrected chi connectivity index (χ3v) is 4.48. The number of rotatable bonds is 3. The van der Waals surface area contributed by atoms with Gasteiger partial charge in [0.1, 0.15) is 0 Å². The lowest BCUT2D eigenvalue weighted by molar-refractivity contribution is 0.685. The average molecular weight is 306 g/mol. The Morgan fingerprint density at radius 2 is 2.08 bits per heavy atom. The lowest BCUT2D eigenvalue weighted by Gasteiger charge is -2.00. The van der Waals surface area contributed by atoms with Crippen LogP contribution in [-0.4, -0.2) is 9.96 Å². The Balaban J connectivity index is 2.70. The lowest BCUT2D eigenvalue weighted by atomic mass is 10.4. The minimum Gasteiger partial charge on any atom is -0.254 e. The van der Waals surface area contributed by atoms with Crippen molar-refractivity contribution in [1.29, 1.82) is 0 Å². The largest absolute Gasteiger partial charge is 0.254 e.